The average molecular weight is 369 g/mol. The molecule has 2 aromatic heterocycles. The van der Waals surface area contributed by atoms with Crippen LogP contribution in [0, 0.1) is 0 Å². The van der Waals surface area contributed by atoms with Crippen molar-refractivity contribution >= 4 is 11.6 Å². The first-order chi connectivity index (χ1) is 12.2. The summed E-state index contributed by atoms with van der Waals surface area (Å²) in [5.74, 6) is 0.757. The van der Waals surface area contributed by atoms with E-state index in [2.05, 4.69) is 4.98 Å². The second kappa shape index (κ2) is 6.50. The van der Waals surface area contributed by atoms with Crippen molar-refractivity contribution in [2.75, 3.05) is 36.0 Å². The fraction of sp³-hybridized carbons (Fsp3) is 0.438. The molecule has 3 rings (SSSR count). The van der Waals surface area contributed by atoms with Gasteiger partial charge in [-0.05, 0) is 12.1 Å². The van der Waals surface area contributed by atoms with Gasteiger partial charge < -0.3 is 9.80 Å². The number of anilines is 2. The van der Waals surface area contributed by atoms with E-state index in [1.54, 1.807) is 11.9 Å². The Balaban J connectivity index is 1.79. The number of pyridine rings is 1. The Morgan fingerprint density at radius 3 is 2.19 bits per heavy atom. The molecule has 26 heavy (non-hydrogen) atoms. The standard InChI is InChI=1S/C16H18F3N5O2/c1-21-13(10-14(25)22(2)15(21)26)24-7-5-23(6-8-24)12-9-11(3-4-20-12)16(17,18)19/h3-4,9-10H,5-8H2,1-2H3. The number of nitrogens with zero attached hydrogens (tertiary/aromatic N) is 5. The molecule has 0 bridgehead atoms. The summed E-state index contributed by atoms with van der Waals surface area (Å²) in [6.45, 7) is 1.77. The molecule has 10 heteroatoms. The third-order valence-electron chi connectivity index (χ3n) is 4.50. The fourth-order valence-corrected chi connectivity index (χ4v) is 2.96. The van der Waals surface area contributed by atoms with E-state index in [4.69, 9.17) is 0 Å². The monoisotopic (exact) mass is 369 g/mol. The van der Waals surface area contributed by atoms with Crippen molar-refractivity contribution in [3.05, 3.63) is 50.8 Å². The average Bonchev–Trinajstić information content (AvgIpc) is 2.62. The van der Waals surface area contributed by atoms with Crippen LogP contribution in [0.4, 0.5) is 24.8 Å². The van der Waals surface area contributed by atoms with Crippen LogP contribution >= 0.6 is 0 Å². The van der Waals surface area contributed by atoms with Crippen molar-refractivity contribution in [3.8, 4) is 0 Å². The minimum Gasteiger partial charge on any atom is -0.354 e. The van der Waals surface area contributed by atoms with E-state index < -0.39 is 23.0 Å². The van der Waals surface area contributed by atoms with Gasteiger partial charge in [0, 0.05) is 52.5 Å². The quantitative estimate of drug-likeness (QED) is 0.785. The molecule has 140 valence electrons. The summed E-state index contributed by atoms with van der Waals surface area (Å²) in [5, 5.41) is 0. The summed E-state index contributed by atoms with van der Waals surface area (Å²) in [6.07, 6.45) is -3.27. The van der Waals surface area contributed by atoms with Gasteiger partial charge in [0.1, 0.15) is 11.6 Å². The molecule has 1 aliphatic heterocycles. The van der Waals surface area contributed by atoms with Crippen LogP contribution in [0.5, 0.6) is 0 Å². The van der Waals surface area contributed by atoms with E-state index in [1.165, 1.54) is 17.7 Å². The Hall–Kier alpha value is -2.78. The molecule has 0 aliphatic carbocycles. The molecule has 0 spiro atoms. The van der Waals surface area contributed by atoms with Crippen LogP contribution in [0.2, 0.25) is 0 Å². The van der Waals surface area contributed by atoms with Gasteiger partial charge in [0.25, 0.3) is 5.56 Å². The van der Waals surface area contributed by atoms with E-state index in [0.717, 1.165) is 22.9 Å². The van der Waals surface area contributed by atoms with E-state index in [9.17, 15) is 22.8 Å². The predicted molar refractivity (Wildman–Crippen MR) is 90.6 cm³/mol. The number of rotatable bonds is 2. The van der Waals surface area contributed by atoms with Crippen molar-refractivity contribution < 1.29 is 13.2 Å². The summed E-state index contributed by atoms with van der Waals surface area (Å²) < 4.78 is 41.0. The van der Waals surface area contributed by atoms with Crippen LogP contribution in [-0.2, 0) is 20.3 Å². The SMILES string of the molecule is Cn1c(N2CCN(c3cc(C(F)(F)F)ccn3)CC2)cc(=O)n(C)c1=O. The van der Waals surface area contributed by atoms with Gasteiger partial charge in [-0.3, -0.25) is 13.9 Å². The normalized spacial score (nSPS) is 15.4. The zero-order valence-electron chi connectivity index (χ0n) is 14.3. The number of hydrogen-bond donors (Lipinski definition) is 0. The van der Waals surface area contributed by atoms with Gasteiger partial charge in [-0.25, -0.2) is 9.78 Å². The molecule has 0 saturated carbocycles. The molecule has 1 saturated heterocycles. The molecule has 2 aromatic rings. The first-order valence-electron chi connectivity index (χ1n) is 7.98. The van der Waals surface area contributed by atoms with Gasteiger partial charge in [-0.15, -0.1) is 0 Å². The number of halogens is 3. The molecule has 0 N–H and O–H groups in total. The van der Waals surface area contributed by atoms with Crippen LogP contribution in [0.1, 0.15) is 5.56 Å². The highest BCUT2D eigenvalue weighted by atomic mass is 19.4. The van der Waals surface area contributed by atoms with Crippen LogP contribution in [0.3, 0.4) is 0 Å². The third kappa shape index (κ3) is 3.31. The van der Waals surface area contributed by atoms with Crippen LogP contribution in [0.25, 0.3) is 0 Å². The maximum Gasteiger partial charge on any atom is 0.416 e. The largest absolute Gasteiger partial charge is 0.416 e. The van der Waals surface area contributed by atoms with E-state index in [-0.39, 0.29) is 5.82 Å². The zero-order chi connectivity index (χ0) is 19.1. The number of alkyl halides is 3. The lowest BCUT2D eigenvalue weighted by Crippen LogP contribution is -2.49. The fourth-order valence-electron chi connectivity index (χ4n) is 2.96. The molecule has 0 unspecified atom stereocenters. The summed E-state index contributed by atoms with van der Waals surface area (Å²) in [6, 6.07) is 3.36. The number of aromatic nitrogens is 3. The Labute approximate surface area is 146 Å². The number of hydrogen-bond acceptors (Lipinski definition) is 5. The molecule has 7 nitrogen and oxygen atoms in total. The van der Waals surface area contributed by atoms with Crippen molar-refractivity contribution in [1.29, 1.82) is 0 Å². The summed E-state index contributed by atoms with van der Waals surface area (Å²) in [5.41, 5.74) is -1.56. The van der Waals surface area contributed by atoms with Gasteiger partial charge in [0.2, 0.25) is 0 Å². The third-order valence-corrected chi connectivity index (χ3v) is 4.50. The Bertz CT molecular complexity index is 927. The first-order valence-corrected chi connectivity index (χ1v) is 7.98. The minimum atomic E-state index is -4.41. The maximum atomic E-state index is 12.9. The molecular weight excluding hydrogens is 351 g/mol. The molecule has 0 radical (unpaired) electrons. The highest BCUT2D eigenvalue weighted by molar-refractivity contribution is 5.46. The van der Waals surface area contributed by atoms with Crippen LogP contribution < -0.4 is 21.0 Å². The molecule has 0 atom stereocenters. The summed E-state index contributed by atoms with van der Waals surface area (Å²) in [4.78, 5) is 31.6. The van der Waals surface area contributed by atoms with Crippen molar-refractivity contribution in [3.63, 3.8) is 0 Å². The molecule has 1 aliphatic rings. The van der Waals surface area contributed by atoms with Gasteiger partial charge in [-0.1, -0.05) is 0 Å². The van der Waals surface area contributed by atoms with Crippen LogP contribution in [-0.4, -0.2) is 40.3 Å². The second-order valence-corrected chi connectivity index (χ2v) is 6.12. The minimum absolute atomic E-state index is 0.261. The van der Waals surface area contributed by atoms with Gasteiger partial charge in [0.05, 0.1) is 5.56 Å². The van der Waals surface area contributed by atoms with Gasteiger partial charge >= 0.3 is 11.9 Å². The van der Waals surface area contributed by atoms with E-state index in [1.807, 2.05) is 4.90 Å². The topological polar surface area (TPSA) is 63.4 Å². The summed E-state index contributed by atoms with van der Waals surface area (Å²) in [7, 11) is 2.99. The highest BCUT2D eigenvalue weighted by Crippen LogP contribution is 2.31. The molecular formula is C16H18F3N5O2. The highest BCUT2D eigenvalue weighted by Gasteiger charge is 2.31. The lowest BCUT2D eigenvalue weighted by Gasteiger charge is -2.37. The molecule has 0 amide bonds. The predicted octanol–water partition coefficient (Wildman–Crippen LogP) is 0.824. The van der Waals surface area contributed by atoms with Crippen molar-refractivity contribution in [2.24, 2.45) is 14.1 Å². The van der Waals surface area contributed by atoms with Crippen molar-refractivity contribution in [2.45, 2.75) is 6.18 Å². The second-order valence-electron chi connectivity index (χ2n) is 6.12. The molecule has 3 heterocycles. The van der Waals surface area contributed by atoms with E-state index in [0.29, 0.717) is 32.0 Å². The lowest BCUT2D eigenvalue weighted by molar-refractivity contribution is -0.137. The Kier molecular flexibility index (Phi) is 4.51. The van der Waals surface area contributed by atoms with Gasteiger partial charge in [-0.2, -0.15) is 13.2 Å². The first kappa shape index (κ1) is 18.0. The maximum absolute atomic E-state index is 12.9. The zero-order valence-corrected chi connectivity index (χ0v) is 14.3. The summed E-state index contributed by atoms with van der Waals surface area (Å²) >= 11 is 0. The Morgan fingerprint density at radius 1 is 0.962 bits per heavy atom. The molecule has 1 fully saturated rings. The van der Waals surface area contributed by atoms with Crippen LogP contribution in [0.15, 0.2) is 34.0 Å². The smallest absolute Gasteiger partial charge is 0.354 e. The lowest BCUT2D eigenvalue weighted by atomic mass is 10.2. The van der Waals surface area contributed by atoms with Gasteiger partial charge in [0.15, 0.2) is 0 Å². The Morgan fingerprint density at radius 2 is 1.58 bits per heavy atom. The van der Waals surface area contributed by atoms with E-state index >= 15 is 0 Å². The van der Waals surface area contributed by atoms with Crippen molar-refractivity contribution in [1.82, 2.24) is 14.1 Å². The molecule has 0 aromatic carbocycles. The number of piperazine rings is 1.